The lowest BCUT2D eigenvalue weighted by Crippen LogP contribution is -2.53. The van der Waals surface area contributed by atoms with Crippen molar-refractivity contribution in [2.75, 3.05) is 26.7 Å². The maximum absolute atomic E-state index is 12.3. The first-order valence-electron chi connectivity index (χ1n) is 9.02. The van der Waals surface area contributed by atoms with Gasteiger partial charge in [0.15, 0.2) is 0 Å². The Morgan fingerprint density at radius 3 is 2.58 bits per heavy atom. The topological polar surface area (TPSA) is 61.8 Å². The summed E-state index contributed by atoms with van der Waals surface area (Å²) in [5.74, 6) is 0.621. The van der Waals surface area contributed by atoms with Gasteiger partial charge in [-0.1, -0.05) is 24.6 Å². The summed E-state index contributed by atoms with van der Waals surface area (Å²) in [6.45, 7) is 2.56. The quantitative estimate of drug-likeness (QED) is 0.839. The second-order valence-corrected chi connectivity index (χ2v) is 6.95. The van der Waals surface area contributed by atoms with E-state index in [1.807, 2.05) is 18.2 Å². The Morgan fingerprint density at radius 1 is 1.25 bits per heavy atom. The normalized spacial score (nSPS) is 21.6. The Morgan fingerprint density at radius 2 is 1.96 bits per heavy atom. The standard InChI is InChI=1S/C19H28N2O3/c1-24-17-9-4-3-8-15(17)16(21-12-5-2-6-13-21)14-20-18(22)19(23)10-7-11-19/h3-4,8-9,16,23H,2,5-7,10-14H2,1H3,(H,20,22)/t16-/m1/s1. The molecule has 2 N–H and O–H groups in total. The molecule has 24 heavy (non-hydrogen) atoms. The SMILES string of the molecule is COc1ccccc1[C@@H](CNC(=O)C1(O)CCC1)N1CCCCC1. The van der Waals surface area contributed by atoms with Gasteiger partial charge in [0.25, 0.3) is 5.91 Å². The second kappa shape index (κ2) is 7.53. The number of carbonyl (C=O) groups excluding carboxylic acids is 1. The van der Waals surface area contributed by atoms with Crippen molar-refractivity contribution in [2.24, 2.45) is 0 Å². The smallest absolute Gasteiger partial charge is 0.252 e. The highest BCUT2D eigenvalue weighted by molar-refractivity contribution is 5.85. The predicted octanol–water partition coefficient (Wildman–Crippen LogP) is 2.25. The highest BCUT2D eigenvalue weighted by Gasteiger charge is 2.42. The van der Waals surface area contributed by atoms with Crippen LogP contribution in [0.4, 0.5) is 0 Å². The summed E-state index contributed by atoms with van der Waals surface area (Å²) in [5, 5.41) is 13.2. The number of aliphatic hydroxyl groups is 1. The van der Waals surface area contributed by atoms with Crippen LogP contribution < -0.4 is 10.1 Å². The van der Waals surface area contributed by atoms with Gasteiger partial charge < -0.3 is 15.2 Å². The van der Waals surface area contributed by atoms with Crippen molar-refractivity contribution >= 4 is 5.91 Å². The van der Waals surface area contributed by atoms with Crippen molar-refractivity contribution in [3.63, 3.8) is 0 Å². The van der Waals surface area contributed by atoms with Crippen LogP contribution in [-0.2, 0) is 4.79 Å². The van der Waals surface area contributed by atoms with Gasteiger partial charge in [-0.15, -0.1) is 0 Å². The molecule has 1 aliphatic heterocycles. The fourth-order valence-electron chi connectivity index (χ4n) is 3.70. The minimum Gasteiger partial charge on any atom is -0.496 e. The minimum atomic E-state index is -1.15. The van der Waals surface area contributed by atoms with Gasteiger partial charge in [-0.05, 0) is 51.3 Å². The summed E-state index contributed by atoms with van der Waals surface area (Å²) in [4.78, 5) is 14.7. The number of rotatable bonds is 6. The van der Waals surface area contributed by atoms with E-state index in [0.29, 0.717) is 19.4 Å². The first-order chi connectivity index (χ1) is 11.6. The predicted molar refractivity (Wildman–Crippen MR) is 93.0 cm³/mol. The van der Waals surface area contributed by atoms with E-state index in [0.717, 1.165) is 30.8 Å². The lowest BCUT2D eigenvalue weighted by molar-refractivity contribution is -0.148. The number of piperidine rings is 1. The van der Waals surface area contributed by atoms with E-state index in [1.54, 1.807) is 7.11 Å². The van der Waals surface area contributed by atoms with Gasteiger partial charge in [0, 0.05) is 12.1 Å². The van der Waals surface area contributed by atoms with Crippen LogP contribution in [0.1, 0.15) is 50.1 Å². The van der Waals surface area contributed by atoms with E-state index in [9.17, 15) is 9.90 Å². The molecule has 1 atom stereocenters. The van der Waals surface area contributed by atoms with E-state index in [2.05, 4.69) is 16.3 Å². The molecule has 5 heteroatoms. The molecule has 1 aromatic carbocycles. The molecule has 132 valence electrons. The van der Waals surface area contributed by atoms with E-state index in [1.165, 1.54) is 19.3 Å². The summed E-state index contributed by atoms with van der Waals surface area (Å²) >= 11 is 0. The largest absolute Gasteiger partial charge is 0.496 e. The summed E-state index contributed by atoms with van der Waals surface area (Å²) in [6.07, 6.45) is 5.70. The van der Waals surface area contributed by atoms with Crippen LogP contribution in [0.3, 0.4) is 0 Å². The number of methoxy groups -OCH3 is 1. The number of hydrogen-bond donors (Lipinski definition) is 2. The summed E-state index contributed by atoms with van der Waals surface area (Å²) in [6, 6.07) is 8.09. The van der Waals surface area contributed by atoms with Gasteiger partial charge in [0.1, 0.15) is 11.4 Å². The maximum atomic E-state index is 12.3. The highest BCUT2D eigenvalue weighted by atomic mass is 16.5. The van der Waals surface area contributed by atoms with Crippen molar-refractivity contribution in [1.29, 1.82) is 0 Å². The van der Waals surface area contributed by atoms with Crippen LogP contribution in [0.15, 0.2) is 24.3 Å². The molecule has 0 spiro atoms. The summed E-state index contributed by atoms with van der Waals surface area (Å²) in [7, 11) is 1.68. The van der Waals surface area contributed by atoms with Crippen molar-refractivity contribution in [2.45, 2.75) is 50.2 Å². The van der Waals surface area contributed by atoms with E-state index in [4.69, 9.17) is 4.74 Å². The summed E-state index contributed by atoms with van der Waals surface area (Å²) < 4.78 is 5.53. The Bertz CT molecular complexity index is 565. The van der Waals surface area contributed by atoms with Crippen LogP contribution in [0.25, 0.3) is 0 Å². The molecule has 2 fully saturated rings. The lowest BCUT2D eigenvalue weighted by Gasteiger charge is -2.38. The molecule has 2 aliphatic rings. The molecule has 1 aliphatic carbocycles. The number of nitrogens with one attached hydrogen (secondary N) is 1. The fourth-order valence-corrected chi connectivity index (χ4v) is 3.70. The average molecular weight is 332 g/mol. The number of amides is 1. The molecular formula is C19H28N2O3. The Balaban J connectivity index is 1.75. The lowest BCUT2D eigenvalue weighted by atomic mass is 9.79. The first kappa shape index (κ1) is 17.2. The monoisotopic (exact) mass is 332 g/mol. The molecule has 1 heterocycles. The maximum Gasteiger partial charge on any atom is 0.252 e. The Kier molecular flexibility index (Phi) is 5.41. The van der Waals surface area contributed by atoms with Crippen molar-refractivity contribution < 1.29 is 14.6 Å². The van der Waals surface area contributed by atoms with Crippen molar-refractivity contribution in [1.82, 2.24) is 10.2 Å². The zero-order chi connectivity index (χ0) is 17.0. The number of ether oxygens (including phenoxy) is 1. The van der Waals surface area contributed by atoms with Gasteiger partial charge in [0.2, 0.25) is 0 Å². The number of nitrogens with zero attached hydrogens (tertiary/aromatic N) is 1. The van der Waals surface area contributed by atoms with Crippen LogP contribution >= 0.6 is 0 Å². The van der Waals surface area contributed by atoms with Crippen molar-refractivity contribution in [3.05, 3.63) is 29.8 Å². The third-order valence-corrected chi connectivity index (χ3v) is 5.39. The van der Waals surface area contributed by atoms with Gasteiger partial charge in [-0.3, -0.25) is 9.69 Å². The number of benzene rings is 1. The van der Waals surface area contributed by atoms with Crippen LogP contribution in [0, 0.1) is 0 Å². The molecule has 3 rings (SSSR count). The fraction of sp³-hybridized carbons (Fsp3) is 0.632. The molecular weight excluding hydrogens is 304 g/mol. The van der Waals surface area contributed by atoms with Gasteiger partial charge in [-0.25, -0.2) is 0 Å². The molecule has 0 unspecified atom stereocenters. The number of para-hydroxylation sites is 1. The minimum absolute atomic E-state index is 0.0778. The zero-order valence-corrected chi connectivity index (χ0v) is 14.5. The first-order valence-corrected chi connectivity index (χ1v) is 9.02. The molecule has 0 radical (unpaired) electrons. The van der Waals surface area contributed by atoms with E-state index in [-0.39, 0.29) is 11.9 Å². The Labute approximate surface area is 144 Å². The van der Waals surface area contributed by atoms with Gasteiger partial charge in [0.05, 0.1) is 13.2 Å². The molecule has 1 saturated carbocycles. The summed E-state index contributed by atoms with van der Waals surface area (Å²) in [5.41, 5.74) is -0.0458. The molecule has 1 amide bonds. The number of carbonyl (C=O) groups is 1. The highest BCUT2D eigenvalue weighted by Crippen LogP contribution is 2.33. The number of hydrogen-bond acceptors (Lipinski definition) is 4. The average Bonchev–Trinajstić information content (AvgIpc) is 2.61. The second-order valence-electron chi connectivity index (χ2n) is 6.95. The van der Waals surface area contributed by atoms with Gasteiger partial charge >= 0.3 is 0 Å². The zero-order valence-electron chi connectivity index (χ0n) is 14.5. The van der Waals surface area contributed by atoms with Crippen LogP contribution in [0.5, 0.6) is 5.75 Å². The molecule has 1 saturated heterocycles. The molecule has 0 bridgehead atoms. The van der Waals surface area contributed by atoms with Crippen LogP contribution in [0.2, 0.25) is 0 Å². The molecule has 1 aromatic rings. The van der Waals surface area contributed by atoms with E-state index < -0.39 is 5.60 Å². The molecule has 5 nitrogen and oxygen atoms in total. The van der Waals surface area contributed by atoms with E-state index >= 15 is 0 Å². The molecule has 0 aromatic heterocycles. The number of likely N-dealkylation sites (tertiary alicyclic amines) is 1. The third-order valence-electron chi connectivity index (χ3n) is 5.39. The third kappa shape index (κ3) is 3.57. The van der Waals surface area contributed by atoms with Crippen molar-refractivity contribution in [3.8, 4) is 5.75 Å². The van der Waals surface area contributed by atoms with Gasteiger partial charge in [-0.2, -0.15) is 0 Å². The van der Waals surface area contributed by atoms with Crippen LogP contribution in [-0.4, -0.2) is 48.3 Å². The Hall–Kier alpha value is -1.59.